The molecule has 0 saturated carbocycles. The Kier molecular flexibility index (Phi) is 9.49. The molecule has 0 spiro atoms. The van der Waals surface area contributed by atoms with Gasteiger partial charge in [-0.1, -0.05) is 12.1 Å². The fraction of sp³-hybridized carbons (Fsp3) is 0.417. The first-order chi connectivity index (χ1) is 7.72. The summed E-state index contributed by atoms with van der Waals surface area (Å²) < 4.78 is 1.16. The lowest BCUT2D eigenvalue weighted by atomic mass is 10.1. The van der Waals surface area contributed by atoms with Crippen LogP contribution in [0.15, 0.2) is 24.3 Å². The number of carbonyl (C=O) groups excluding carboxylic acids is 1. The fourth-order valence-electron chi connectivity index (χ4n) is 1.39. The number of rotatable bonds is 6. The van der Waals surface area contributed by atoms with Crippen molar-refractivity contribution in [1.82, 2.24) is 5.32 Å². The number of nitrogens with one attached hydrogen (secondary N) is 1. The SMILES string of the molecule is Cl.NCCCCNC(=O)Cc1cccc(I)c1. The Morgan fingerprint density at radius 1 is 1.35 bits per heavy atom. The van der Waals surface area contributed by atoms with Crippen LogP contribution in [0.2, 0.25) is 0 Å². The highest BCUT2D eigenvalue weighted by Crippen LogP contribution is 2.08. The molecule has 17 heavy (non-hydrogen) atoms. The monoisotopic (exact) mass is 368 g/mol. The molecule has 0 radical (unpaired) electrons. The summed E-state index contributed by atoms with van der Waals surface area (Å²) in [6.07, 6.45) is 2.37. The fourth-order valence-corrected chi connectivity index (χ4v) is 2.00. The first-order valence-electron chi connectivity index (χ1n) is 5.43. The van der Waals surface area contributed by atoms with E-state index >= 15 is 0 Å². The van der Waals surface area contributed by atoms with Crippen LogP contribution in [0.5, 0.6) is 0 Å². The highest BCUT2D eigenvalue weighted by molar-refractivity contribution is 14.1. The molecule has 96 valence electrons. The van der Waals surface area contributed by atoms with Gasteiger partial charge in [-0.2, -0.15) is 0 Å². The lowest BCUT2D eigenvalue weighted by molar-refractivity contribution is -0.120. The maximum Gasteiger partial charge on any atom is 0.224 e. The third-order valence-corrected chi connectivity index (χ3v) is 2.88. The summed E-state index contributed by atoms with van der Waals surface area (Å²) in [5.74, 6) is 0.0824. The second-order valence-corrected chi connectivity index (χ2v) is 4.90. The van der Waals surface area contributed by atoms with Crippen LogP contribution in [-0.2, 0) is 11.2 Å². The van der Waals surface area contributed by atoms with E-state index in [9.17, 15) is 4.79 Å². The van der Waals surface area contributed by atoms with Gasteiger partial charge in [-0.3, -0.25) is 4.79 Å². The van der Waals surface area contributed by atoms with Crippen molar-refractivity contribution in [2.75, 3.05) is 13.1 Å². The minimum absolute atomic E-state index is 0. The largest absolute Gasteiger partial charge is 0.356 e. The van der Waals surface area contributed by atoms with Crippen molar-refractivity contribution >= 4 is 40.9 Å². The van der Waals surface area contributed by atoms with Crippen molar-refractivity contribution in [2.45, 2.75) is 19.3 Å². The molecule has 0 saturated heterocycles. The number of halogens is 2. The van der Waals surface area contributed by atoms with Gasteiger partial charge in [0.15, 0.2) is 0 Å². The molecule has 0 aromatic heterocycles. The number of amides is 1. The number of benzene rings is 1. The summed E-state index contributed by atoms with van der Waals surface area (Å²) in [6.45, 7) is 1.41. The van der Waals surface area contributed by atoms with Gasteiger partial charge in [-0.15, -0.1) is 12.4 Å². The second kappa shape index (κ2) is 9.67. The van der Waals surface area contributed by atoms with Crippen LogP contribution in [0, 0.1) is 3.57 Å². The zero-order valence-corrected chi connectivity index (χ0v) is 12.6. The summed E-state index contributed by atoms with van der Waals surface area (Å²) in [7, 11) is 0. The van der Waals surface area contributed by atoms with Crippen LogP contribution in [0.4, 0.5) is 0 Å². The van der Waals surface area contributed by atoms with Gasteiger partial charge in [0.2, 0.25) is 5.91 Å². The van der Waals surface area contributed by atoms with Crippen molar-refractivity contribution in [2.24, 2.45) is 5.73 Å². The molecule has 0 heterocycles. The number of nitrogens with two attached hydrogens (primary N) is 1. The van der Waals surface area contributed by atoms with Crippen LogP contribution in [0.1, 0.15) is 18.4 Å². The lowest BCUT2D eigenvalue weighted by Crippen LogP contribution is -2.26. The molecule has 3 N–H and O–H groups in total. The van der Waals surface area contributed by atoms with Gasteiger partial charge < -0.3 is 11.1 Å². The smallest absolute Gasteiger partial charge is 0.224 e. The molecule has 0 aliphatic rings. The number of hydrogen-bond donors (Lipinski definition) is 2. The average molecular weight is 369 g/mol. The van der Waals surface area contributed by atoms with E-state index in [2.05, 4.69) is 27.9 Å². The van der Waals surface area contributed by atoms with Gasteiger partial charge in [0.05, 0.1) is 6.42 Å². The molecular weight excluding hydrogens is 351 g/mol. The third kappa shape index (κ3) is 7.57. The number of hydrogen-bond acceptors (Lipinski definition) is 2. The maximum atomic E-state index is 11.5. The van der Waals surface area contributed by atoms with Crippen molar-refractivity contribution < 1.29 is 4.79 Å². The van der Waals surface area contributed by atoms with E-state index in [1.165, 1.54) is 0 Å². The minimum atomic E-state index is 0. The van der Waals surface area contributed by atoms with Gasteiger partial charge in [-0.25, -0.2) is 0 Å². The summed E-state index contributed by atoms with van der Waals surface area (Å²) in [6, 6.07) is 7.99. The quantitative estimate of drug-likeness (QED) is 0.597. The summed E-state index contributed by atoms with van der Waals surface area (Å²) >= 11 is 2.25. The van der Waals surface area contributed by atoms with Crippen LogP contribution >= 0.6 is 35.0 Å². The van der Waals surface area contributed by atoms with E-state index in [4.69, 9.17) is 5.73 Å². The summed E-state index contributed by atoms with van der Waals surface area (Å²) in [5.41, 5.74) is 6.43. The second-order valence-electron chi connectivity index (χ2n) is 3.65. The predicted octanol–water partition coefficient (Wildman–Crippen LogP) is 2.11. The average Bonchev–Trinajstić information content (AvgIpc) is 2.24. The van der Waals surface area contributed by atoms with Crippen LogP contribution in [0.3, 0.4) is 0 Å². The van der Waals surface area contributed by atoms with Gasteiger partial charge in [-0.05, 0) is 59.7 Å². The van der Waals surface area contributed by atoms with Crippen molar-refractivity contribution in [1.29, 1.82) is 0 Å². The molecule has 0 fully saturated rings. The Hall–Kier alpha value is -0.330. The van der Waals surface area contributed by atoms with Crippen molar-refractivity contribution in [3.8, 4) is 0 Å². The van der Waals surface area contributed by atoms with Crippen LogP contribution in [0.25, 0.3) is 0 Å². The Morgan fingerprint density at radius 3 is 2.76 bits per heavy atom. The molecule has 0 unspecified atom stereocenters. The molecule has 1 aromatic carbocycles. The van der Waals surface area contributed by atoms with Gasteiger partial charge in [0, 0.05) is 10.1 Å². The Morgan fingerprint density at radius 2 is 2.12 bits per heavy atom. The van der Waals surface area contributed by atoms with E-state index in [1.54, 1.807) is 0 Å². The van der Waals surface area contributed by atoms with E-state index < -0.39 is 0 Å². The predicted molar refractivity (Wildman–Crippen MR) is 81.4 cm³/mol. The van der Waals surface area contributed by atoms with Gasteiger partial charge in [0.1, 0.15) is 0 Å². The first-order valence-corrected chi connectivity index (χ1v) is 6.51. The molecule has 1 amide bonds. The van der Waals surface area contributed by atoms with Crippen molar-refractivity contribution in [3.63, 3.8) is 0 Å². The Bertz CT molecular complexity index is 347. The normalized spacial score (nSPS) is 9.53. The molecule has 0 aliphatic heterocycles. The molecule has 0 bridgehead atoms. The Labute approximate surface area is 122 Å². The summed E-state index contributed by atoms with van der Waals surface area (Å²) in [5, 5.41) is 2.89. The zero-order valence-electron chi connectivity index (χ0n) is 9.62. The molecule has 0 atom stereocenters. The van der Waals surface area contributed by atoms with E-state index in [1.807, 2.05) is 24.3 Å². The standard InChI is InChI=1S/C12H17IN2O.ClH/c13-11-5-3-4-10(8-11)9-12(16)15-7-2-1-6-14;/h3-5,8H,1-2,6-7,9,14H2,(H,15,16);1H. The number of unbranched alkanes of at least 4 members (excludes halogenated alkanes) is 1. The van der Waals surface area contributed by atoms with Crippen LogP contribution in [-0.4, -0.2) is 19.0 Å². The van der Waals surface area contributed by atoms with Gasteiger partial charge >= 0.3 is 0 Å². The molecule has 5 heteroatoms. The van der Waals surface area contributed by atoms with E-state index in [0.29, 0.717) is 13.0 Å². The molecule has 3 nitrogen and oxygen atoms in total. The molecule has 1 aromatic rings. The minimum Gasteiger partial charge on any atom is -0.356 e. The maximum absolute atomic E-state index is 11.5. The highest BCUT2D eigenvalue weighted by Gasteiger charge is 2.02. The molecule has 0 aliphatic carbocycles. The topological polar surface area (TPSA) is 55.1 Å². The van der Waals surface area contributed by atoms with Gasteiger partial charge in [0.25, 0.3) is 0 Å². The third-order valence-electron chi connectivity index (χ3n) is 2.21. The molecule has 1 rings (SSSR count). The van der Waals surface area contributed by atoms with Crippen molar-refractivity contribution in [3.05, 3.63) is 33.4 Å². The first kappa shape index (κ1) is 16.7. The number of carbonyl (C=O) groups is 1. The lowest BCUT2D eigenvalue weighted by Gasteiger charge is -2.05. The molecular formula is C12H18ClIN2O. The Balaban J connectivity index is 0.00000256. The van der Waals surface area contributed by atoms with Crippen LogP contribution < -0.4 is 11.1 Å². The zero-order chi connectivity index (χ0) is 11.8. The van der Waals surface area contributed by atoms with E-state index in [0.717, 1.165) is 28.5 Å². The highest BCUT2D eigenvalue weighted by atomic mass is 127. The van der Waals surface area contributed by atoms with E-state index in [-0.39, 0.29) is 18.3 Å². The summed E-state index contributed by atoms with van der Waals surface area (Å²) in [4.78, 5) is 11.5.